The summed E-state index contributed by atoms with van der Waals surface area (Å²) in [6.07, 6.45) is 19.1. The Morgan fingerprint density at radius 1 is 1.07 bits per heavy atom. The van der Waals surface area contributed by atoms with Crippen molar-refractivity contribution in [1.82, 2.24) is 0 Å². The van der Waals surface area contributed by atoms with Crippen LogP contribution in [0.3, 0.4) is 0 Å². The van der Waals surface area contributed by atoms with Crippen molar-refractivity contribution in [3.63, 3.8) is 0 Å². The zero-order valence-electron chi connectivity index (χ0n) is 33.9. The first-order valence-electron chi connectivity index (χ1n) is 20.5. The Labute approximate surface area is 327 Å². The summed E-state index contributed by atoms with van der Waals surface area (Å²) in [6, 6.07) is 5.93. The van der Waals surface area contributed by atoms with Crippen LogP contribution in [0.4, 0.5) is 5.69 Å². The Bertz CT molecular complexity index is 1600. The van der Waals surface area contributed by atoms with Crippen LogP contribution < -0.4 is 4.74 Å². The molecule has 0 spiro atoms. The van der Waals surface area contributed by atoms with E-state index in [1.807, 2.05) is 19.1 Å². The zero-order valence-corrected chi connectivity index (χ0v) is 33.9. The first kappa shape index (κ1) is 42.3. The predicted octanol–water partition coefficient (Wildman–Crippen LogP) is 10.1. The number of ether oxygens (including phenoxy) is 5. The van der Waals surface area contributed by atoms with Gasteiger partial charge in [-0.15, -0.1) is 0 Å². The lowest BCUT2D eigenvalue weighted by Gasteiger charge is -2.31. The van der Waals surface area contributed by atoms with Gasteiger partial charge in [0.05, 0.1) is 29.0 Å². The highest BCUT2D eigenvalue weighted by Gasteiger charge is 2.48. The molecule has 2 saturated carbocycles. The third-order valence-corrected chi connectivity index (χ3v) is 11.7. The number of nitrogens with zero attached hydrogens (tertiary/aromatic N) is 1. The van der Waals surface area contributed by atoms with Crippen LogP contribution in [-0.2, 0) is 23.7 Å². The lowest BCUT2D eigenvalue weighted by molar-refractivity contribution is -0.384. The number of epoxide rings is 1. The minimum atomic E-state index is -0.956. The van der Waals surface area contributed by atoms with Crippen molar-refractivity contribution in [2.75, 3.05) is 0 Å². The third kappa shape index (κ3) is 12.3. The van der Waals surface area contributed by atoms with Gasteiger partial charge < -0.3 is 28.8 Å². The molecular weight excluding hydrogens is 698 g/mol. The second-order valence-electron chi connectivity index (χ2n) is 16.2. The summed E-state index contributed by atoms with van der Waals surface area (Å²) in [5, 5.41) is 22.5. The molecule has 1 N–H and O–H groups in total. The molecule has 2 aliphatic heterocycles. The van der Waals surface area contributed by atoms with Crippen molar-refractivity contribution in [2.24, 2.45) is 29.6 Å². The zero-order chi connectivity index (χ0) is 39.6. The smallest absolute Gasteiger partial charge is 0.303 e. The highest BCUT2D eigenvalue weighted by Crippen LogP contribution is 2.48. The normalized spacial score (nSPS) is 30.5. The molecule has 2 aliphatic carbocycles. The minimum Gasteiger partial charge on any atom is -0.490 e. The molecule has 55 heavy (non-hydrogen) atoms. The molecule has 302 valence electrons. The van der Waals surface area contributed by atoms with Crippen LogP contribution >= 0.6 is 0 Å². The molecule has 0 amide bonds. The molecule has 1 aromatic carbocycles. The Kier molecular flexibility index (Phi) is 15.2. The molecule has 3 fully saturated rings. The van der Waals surface area contributed by atoms with Gasteiger partial charge in [0.2, 0.25) is 0 Å². The molecule has 10 atom stereocenters. The van der Waals surface area contributed by atoms with Crippen LogP contribution in [0.1, 0.15) is 113 Å². The van der Waals surface area contributed by atoms with Crippen molar-refractivity contribution in [3.8, 4) is 5.75 Å². The molecule has 0 bridgehead atoms. The average molecular weight is 762 g/mol. The first-order chi connectivity index (χ1) is 26.4. The summed E-state index contributed by atoms with van der Waals surface area (Å²) < 4.78 is 31.4. The molecule has 4 aliphatic rings. The van der Waals surface area contributed by atoms with Crippen molar-refractivity contribution in [2.45, 2.75) is 149 Å². The highest BCUT2D eigenvalue weighted by atomic mass is 16.7. The fourth-order valence-electron chi connectivity index (χ4n) is 8.06. The summed E-state index contributed by atoms with van der Waals surface area (Å²) in [5.74, 6) is 3.63. The summed E-state index contributed by atoms with van der Waals surface area (Å²) in [5.41, 5.74) is 2.04. The lowest BCUT2D eigenvalue weighted by Crippen LogP contribution is -2.32. The number of allylic oxidation sites excluding steroid dienone is 5. The topological polar surface area (TPSA) is 130 Å². The number of hydrogen-bond donors (Lipinski definition) is 1. The molecule has 10 unspecified atom stereocenters. The van der Waals surface area contributed by atoms with Crippen molar-refractivity contribution in [1.29, 1.82) is 0 Å². The number of carbonyl (C=O) groups is 1. The van der Waals surface area contributed by atoms with Crippen LogP contribution in [0.2, 0.25) is 0 Å². The Balaban J connectivity index is 1.31. The van der Waals surface area contributed by atoms with E-state index in [4.69, 9.17) is 23.7 Å². The number of aliphatic hydroxyl groups excluding tert-OH is 1. The van der Waals surface area contributed by atoms with E-state index >= 15 is 0 Å². The Morgan fingerprint density at radius 3 is 2.40 bits per heavy atom. The minimum absolute atomic E-state index is 0.0241. The van der Waals surface area contributed by atoms with E-state index < -0.39 is 29.2 Å². The fraction of sp³-hybridized carbons (Fsp3) is 0.622. The van der Waals surface area contributed by atoms with E-state index in [-0.39, 0.29) is 17.7 Å². The van der Waals surface area contributed by atoms with E-state index in [1.165, 1.54) is 38.3 Å². The number of nitro benzene ring substituents is 1. The Hall–Kier alpha value is -3.89. The first-order valence-corrected chi connectivity index (χ1v) is 20.5. The molecule has 5 rings (SSSR count). The van der Waals surface area contributed by atoms with E-state index in [2.05, 4.69) is 52.8 Å². The molecule has 10 nitrogen and oxygen atoms in total. The van der Waals surface area contributed by atoms with Gasteiger partial charge in [-0.1, -0.05) is 58.4 Å². The third-order valence-electron chi connectivity index (χ3n) is 11.7. The van der Waals surface area contributed by atoms with Crippen LogP contribution in [0.15, 0.2) is 83.6 Å². The van der Waals surface area contributed by atoms with Crippen LogP contribution in [0, 0.1) is 39.7 Å². The van der Waals surface area contributed by atoms with Gasteiger partial charge in [0, 0.05) is 37.0 Å². The second kappa shape index (κ2) is 19.8. The number of esters is 1. The molecule has 1 aromatic rings. The maximum atomic E-state index is 12.1. The van der Waals surface area contributed by atoms with Gasteiger partial charge in [0.15, 0.2) is 0 Å². The van der Waals surface area contributed by atoms with E-state index in [9.17, 15) is 20.0 Å². The van der Waals surface area contributed by atoms with E-state index in [0.717, 1.165) is 54.4 Å². The summed E-state index contributed by atoms with van der Waals surface area (Å²) in [4.78, 5) is 22.8. The van der Waals surface area contributed by atoms with Gasteiger partial charge in [0.25, 0.3) is 11.6 Å². The van der Waals surface area contributed by atoms with Crippen LogP contribution in [0.5, 0.6) is 5.75 Å². The number of carbonyl (C=O) groups excluding carboxylic acids is 1. The standard InChI is InChI=1S/C45H63NO9/c1-8-36-27-38(54-45(34-14-11-15-34)53-37-21-19-35(20-22-37)46(49)50)23-24-40(48)41(51-32(7)47)25-16-30(5)43(52-36)29(4)13-10-12-28(3)26-42-44(55-42)31(6)39(9-2)33-17-18-33/h8,10,12-13,16,19-22,25,28,30-31,33,38-44,48H,9,11,14-15,17-18,23-24,26-27H2,1-7H3/b12-10+,25-16+,29-13+,36-8-. The summed E-state index contributed by atoms with van der Waals surface area (Å²) in [6.45, 7) is 14.4. The van der Waals surface area contributed by atoms with Crippen molar-refractivity contribution < 1.29 is 38.5 Å². The Morgan fingerprint density at radius 2 is 1.80 bits per heavy atom. The second-order valence-corrected chi connectivity index (χ2v) is 16.2. The highest BCUT2D eigenvalue weighted by molar-refractivity contribution is 5.66. The summed E-state index contributed by atoms with van der Waals surface area (Å²) >= 11 is 0. The van der Waals surface area contributed by atoms with Crippen LogP contribution in [-0.4, -0.2) is 52.6 Å². The maximum absolute atomic E-state index is 12.1. The quantitative estimate of drug-likeness (QED) is 0.0353. The van der Waals surface area contributed by atoms with Crippen molar-refractivity contribution >= 4 is 11.7 Å². The lowest BCUT2D eigenvalue weighted by atomic mass is 9.83. The number of benzene rings is 1. The van der Waals surface area contributed by atoms with Gasteiger partial charge in [-0.05, 0) is 119 Å². The SMILES string of the molecule is C/C=C1/CC(OC(Oc2ccc([N+](=O)[O-])cc2)=C2CCC2)CCC(O)C(OC(C)=O)/C=C/C(C)C(/C(C)=C/C=C/C(C)CC2OC2C(C)C(CC)C2CC2)O1. The predicted molar refractivity (Wildman–Crippen MR) is 213 cm³/mol. The summed E-state index contributed by atoms with van der Waals surface area (Å²) in [7, 11) is 0. The maximum Gasteiger partial charge on any atom is 0.303 e. The molecular formula is C45H63NO9. The molecule has 1 saturated heterocycles. The molecule has 10 heteroatoms. The van der Waals surface area contributed by atoms with Gasteiger partial charge in [-0.25, -0.2) is 0 Å². The molecule has 0 aromatic heterocycles. The molecule has 0 radical (unpaired) electrons. The van der Waals surface area contributed by atoms with E-state index in [0.29, 0.717) is 55.0 Å². The van der Waals surface area contributed by atoms with Crippen molar-refractivity contribution in [3.05, 3.63) is 93.7 Å². The number of nitro groups is 1. The number of non-ortho nitro benzene ring substituents is 1. The van der Waals surface area contributed by atoms with Gasteiger partial charge in [-0.2, -0.15) is 0 Å². The fourth-order valence-corrected chi connectivity index (χ4v) is 8.06. The monoisotopic (exact) mass is 761 g/mol. The van der Waals surface area contributed by atoms with Crippen LogP contribution in [0.25, 0.3) is 0 Å². The average Bonchev–Trinajstić information content (AvgIpc) is 4.07. The van der Waals surface area contributed by atoms with Gasteiger partial charge in [-0.3, -0.25) is 14.9 Å². The molecule has 2 heterocycles. The number of hydrogen-bond acceptors (Lipinski definition) is 9. The van der Waals surface area contributed by atoms with E-state index in [1.54, 1.807) is 18.2 Å². The number of aliphatic hydroxyl groups is 1. The largest absolute Gasteiger partial charge is 0.490 e. The van der Waals surface area contributed by atoms with Gasteiger partial charge >= 0.3 is 5.97 Å². The number of rotatable bonds is 15. The van der Waals surface area contributed by atoms with Gasteiger partial charge in [0.1, 0.15) is 24.1 Å².